The van der Waals surface area contributed by atoms with Crippen LogP contribution in [0.1, 0.15) is 0 Å². The molecular formula is C9H8N4. The van der Waals surface area contributed by atoms with E-state index in [9.17, 15) is 0 Å². The van der Waals surface area contributed by atoms with Crippen LogP contribution in [0, 0.1) is 5.53 Å². The van der Waals surface area contributed by atoms with E-state index in [4.69, 9.17) is 5.53 Å². The van der Waals surface area contributed by atoms with E-state index in [1.807, 2.05) is 30.3 Å². The summed E-state index contributed by atoms with van der Waals surface area (Å²) in [5, 5.41) is 9.82. The third-order valence-electron chi connectivity index (χ3n) is 1.82. The Bertz CT molecular complexity index is 405. The van der Waals surface area contributed by atoms with E-state index in [1.165, 1.54) is 0 Å². The molecule has 64 valence electrons. The van der Waals surface area contributed by atoms with Crippen molar-refractivity contribution in [2.24, 2.45) is 5.11 Å². The molecule has 0 aliphatic carbocycles. The number of nitrogens with zero attached hydrogens (tertiary/aromatic N) is 2. The van der Waals surface area contributed by atoms with Crippen molar-refractivity contribution in [3.8, 4) is 11.1 Å². The molecule has 0 saturated carbocycles. The van der Waals surface area contributed by atoms with Gasteiger partial charge >= 0.3 is 0 Å². The molecule has 0 aliphatic heterocycles. The number of nitrogens with one attached hydrogen (secondary N) is 2. The molecule has 2 aromatic rings. The zero-order valence-corrected chi connectivity index (χ0v) is 6.86. The normalized spacial score (nSPS) is 9.85. The van der Waals surface area contributed by atoms with Gasteiger partial charge in [0.05, 0.1) is 6.20 Å². The lowest BCUT2D eigenvalue weighted by Crippen LogP contribution is -1.72. The van der Waals surface area contributed by atoms with Gasteiger partial charge in [0, 0.05) is 5.56 Å². The molecule has 1 heterocycles. The molecule has 0 unspecified atom stereocenters. The first kappa shape index (κ1) is 7.67. The van der Waals surface area contributed by atoms with Gasteiger partial charge in [-0.05, 0) is 5.56 Å². The summed E-state index contributed by atoms with van der Waals surface area (Å²) in [6.07, 6.45) is 1.67. The quantitative estimate of drug-likeness (QED) is 0.672. The Morgan fingerprint density at radius 2 is 2.00 bits per heavy atom. The Balaban J connectivity index is 2.52. The maximum absolute atomic E-state index is 6.90. The van der Waals surface area contributed by atoms with Gasteiger partial charge in [-0.1, -0.05) is 30.3 Å². The minimum atomic E-state index is 0.492. The second-order valence-corrected chi connectivity index (χ2v) is 2.61. The van der Waals surface area contributed by atoms with Crippen LogP contribution in [0.5, 0.6) is 0 Å². The lowest BCUT2D eigenvalue weighted by Gasteiger charge is -1.95. The van der Waals surface area contributed by atoms with Crippen LogP contribution in [0.4, 0.5) is 5.82 Å². The highest BCUT2D eigenvalue weighted by Gasteiger charge is 2.04. The summed E-state index contributed by atoms with van der Waals surface area (Å²) in [4.78, 5) is 0. The molecule has 4 heteroatoms. The van der Waals surface area contributed by atoms with Gasteiger partial charge in [-0.25, -0.2) is 5.53 Å². The van der Waals surface area contributed by atoms with Crippen LogP contribution in [0.25, 0.3) is 11.1 Å². The molecule has 0 aliphatic rings. The maximum Gasteiger partial charge on any atom is 0.177 e. The first-order chi connectivity index (χ1) is 6.42. The fourth-order valence-electron chi connectivity index (χ4n) is 1.19. The first-order valence-corrected chi connectivity index (χ1v) is 3.88. The lowest BCUT2D eigenvalue weighted by atomic mass is 10.1. The van der Waals surface area contributed by atoms with Gasteiger partial charge in [-0.15, -0.1) is 5.11 Å². The molecule has 1 aromatic carbocycles. The number of aromatic nitrogens is 2. The largest absolute Gasteiger partial charge is 0.259 e. The predicted molar refractivity (Wildman–Crippen MR) is 48.8 cm³/mol. The van der Waals surface area contributed by atoms with E-state index < -0.39 is 0 Å². The van der Waals surface area contributed by atoms with E-state index in [1.54, 1.807) is 6.20 Å². The molecule has 1 aromatic heterocycles. The molecule has 2 N–H and O–H groups in total. The van der Waals surface area contributed by atoms with Gasteiger partial charge in [0.1, 0.15) is 0 Å². The van der Waals surface area contributed by atoms with Crippen LogP contribution in [-0.4, -0.2) is 10.2 Å². The Morgan fingerprint density at radius 1 is 1.23 bits per heavy atom. The summed E-state index contributed by atoms with van der Waals surface area (Å²) in [6, 6.07) is 9.74. The average molecular weight is 172 g/mol. The van der Waals surface area contributed by atoms with Crippen LogP contribution >= 0.6 is 0 Å². The van der Waals surface area contributed by atoms with Crippen molar-refractivity contribution in [2.45, 2.75) is 0 Å². The highest BCUT2D eigenvalue weighted by Crippen LogP contribution is 2.26. The second-order valence-electron chi connectivity index (χ2n) is 2.61. The van der Waals surface area contributed by atoms with Crippen molar-refractivity contribution in [3.05, 3.63) is 36.5 Å². The van der Waals surface area contributed by atoms with Crippen LogP contribution in [0.15, 0.2) is 41.6 Å². The molecule has 0 radical (unpaired) electrons. The predicted octanol–water partition coefficient (Wildman–Crippen LogP) is 2.74. The average Bonchev–Trinajstić information content (AvgIpc) is 2.67. The monoisotopic (exact) mass is 172 g/mol. The number of hydrogen-bond acceptors (Lipinski definition) is 3. The number of benzene rings is 1. The standard InChI is InChI=1S/C9H8N4/c10-12-9-8(6-11-13-9)7-4-2-1-3-5-7/h1-6,10H,(H,11,13). The molecule has 0 saturated heterocycles. The third-order valence-corrected chi connectivity index (χ3v) is 1.82. The van der Waals surface area contributed by atoms with Gasteiger partial charge < -0.3 is 0 Å². The number of hydrogen-bond donors (Lipinski definition) is 2. The summed E-state index contributed by atoms with van der Waals surface area (Å²) in [6.45, 7) is 0. The van der Waals surface area contributed by atoms with Gasteiger partial charge in [0.25, 0.3) is 0 Å². The zero-order valence-electron chi connectivity index (χ0n) is 6.86. The molecule has 13 heavy (non-hydrogen) atoms. The highest BCUT2D eigenvalue weighted by atomic mass is 15.2. The smallest absolute Gasteiger partial charge is 0.177 e. The topological polar surface area (TPSA) is 64.9 Å². The van der Waals surface area contributed by atoms with Crippen LogP contribution < -0.4 is 0 Å². The summed E-state index contributed by atoms with van der Waals surface area (Å²) in [5.74, 6) is 0.492. The minimum Gasteiger partial charge on any atom is -0.259 e. The van der Waals surface area contributed by atoms with Crippen LogP contribution in [-0.2, 0) is 0 Å². The summed E-state index contributed by atoms with van der Waals surface area (Å²) in [5.41, 5.74) is 8.78. The fraction of sp³-hybridized carbons (Fsp3) is 0. The zero-order chi connectivity index (χ0) is 9.10. The van der Waals surface area contributed by atoms with Crippen molar-refractivity contribution in [1.29, 1.82) is 5.53 Å². The molecular weight excluding hydrogens is 164 g/mol. The second kappa shape index (κ2) is 3.18. The first-order valence-electron chi connectivity index (χ1n) is 3.88. The minimum absolute atomic E-state index is 0.492. The Kier molecular flexibility index (Phi) is 1.88. The lowest BCUT2D eigenvalue weighted by molar-refractivity contribution is 1.03. The SMILES string of the molecule is N=Nc1[nH]ncc1-c1ccccc1. The van der Waals surface area contributed by atoms with Crippen molar-refractivity contribution < 1.29 is 0 Å². The molecule has 2 rings (SSSR count). The number of rotatable bonds is 2. The van der Waals surface area contributed by atoms with Gasteiger partial charge in [-0.3, -0.25) is 5.10 Å². The maximum atomic E-state index is 6.90. The fourth-order valence-corrected chi connectivity index (χ4v) is 1.19. The van der Waals surface area contributed by atoms with E-state index in [0.717, 1.165) is 11.1 Å². The summed E-state index contributed by atoms with van der Waals surface area (Å²) >= 11 is 0. The van der Waals surface area contributed by atoms with Crippen LogP contribution in [0.3, 0.4) is 0 Å². The summed E-state index contributed by atoms with van der Waals surface area (Å²) < 4.78 is 0. The molecule has 0 fully saturated rings. The Hall–Kier alpha value is -1.97. The molecule has 0 amide bonds. The molecule has 0 atom stereocenters. The van der Waals surface area contributed by atoms with Gasteiger partial charge in [0.2, 0.25) is 0 Å². The highest BCUT2D eigenvalue weighted by molar-refractivity contribution is 5.72. The van der Waals surface area contributed by atoms with E-state index in [0.29, 0.717) is 5.82 Å². The van der Waals surface area contributed by atoms with Gasteiger partial charge in [0.15, 0.2) is 5.82 Å². The van der Waals surface area contributed by atoms with Crippen molar-refractivity contribution in [2.75, 3.05) is 0 Å². The Labute approximate surface area is 75.1 Å². The number of aromatic amines is 1. The van der Waals surface area contributed by atoms with Crippen molar-refractivity contribution in [3.63, 3.8) is 0 Å². The molecule has 0 spiro atoms. The summed E-state index contributed by atoms with van der Waals surface area (Å²) in [7, 11) is 0. The van der Waals surface area contributed by atoms with E-state index >= 15 is 0 Å². The van der Waals surface area contributed by atoms with E-state index in [-0.39, 0.29) is 0 Å². The van der Waals surface area contributed by atoms with E-state index in [2.05, 4.69) is 15.3 Å². The number of H-pyrrole nitrogens is 1. The molecule has 4 nitrogen and oxygen atoms in total. The third kappa shape index (κ3) is 1.33. The van der Waals surface area contributed by atoms with Crippen LogP contribution in [0.2, 0.25) is 0 Å². The molecule has 0 bridgehead atoms. The van der Waals surface area contributed by atoms with Crippen molar-refractivity contribution >= 4 is 5.82 Å². The van der Waals surface area contributed by atoms with Gasteiger partial charge in [-0.2, -0.15) is 5.10 Å². The van der Waals surface area contributed by atoms with Crippen molar-refractivity contribution in [1.82, 2.24) is 10.2 Å². The Morgan fingerprint density at radius 3 is 2.69 bits per heavy atom.